The van der Waals surface area contributed by atoms with E-state index in [9.17, 15) is 9.18 Å². The third-order valence-electron chi connectivity index (χ3n) is 2.33. The zero-order valence-electron chi connectivity index (χ0n) is 9.40. The molecule has 1 aromatic carbocycles. The van der Waals surface area contributed by atoms with Crippen LogP contribution in [0.1, 0.15) is 25.3 Å². The first kappa shape index (κ1) is 13.0. The quantitative estimate of drug-likeness (QED) is 0.823. The fourth-order valence-corrected chi connectivity index (χ4v) is 1.49. The molecule has 1 unspecified atom stereocenters. The van der Waals surface area contributed by atoms with Crippen LogP contribution in [0.2, 0.25) is 0 Å². The lowest BCUT2D eigenvalue weighted by Gasteiger charge is -2.15. The Morgan fingerprint density at radius 1 is 1.65 bits per heavy atom. The summed E-state index contributed by atoms with van der Waals surface area (Å²) in [6, 6.07) is 5.00. The van der Waals surface area contributed by atoms with Crippen molar-refractivity contribution < 1.29 is 14.3 Å². The van der Waals surface area contributed by atoms with Crippen molar-refractivity contribution >= 4 is 11.7 Å². The summed E-state index contributed by atoms with van der Waals surface area (Å²) in [4.78, 5) is 10.9. The third kappa shape index (κ3) is 3.18. The van der Waals surface area contributed by atoms with Gasteiger partial charge in [0.1, 0.15) is 23.5 Å². The highest BCUT2D eigenvalue weighted by atomic mass is 19.1. The largest absolute Gasteiger partial charge is 0.480 e. The number of benzene rings is 1. The number of carboxylic acids is 1. The Balaban J connectivity index is 2.97. The van der Waals surface area contributed by atoms with Crippen LogP contribution in [0.3, 0.4) is 0 Å². The van der Waals surface area contributed by atoms with E-state index in [2.05, 4.69) is 5.32 Å². The van der Waals surface area contributed by atoms with Gasteiger partial charge in [0.05, 0.1) is 5.69 Å². The molecule has 4 nitrogen and oxygen atoms in total. The fourth-order valence-electron chi connectivity index (χ4n) is 1.49. The SMILES string of the molecule is CCCC(Nc1cccc(F)c1C#N)C(=O)O. The van der Waals surface area contributed by atoms with Crippen molar-refractivity contribution in [1.29, 1.82) is 5.26 Å². The topological polar surface area (TPSA) is 73.1 Å². The van der Waals surface area contributed by atoms with Crippen molar-refractivity contribution in [3.8, 4) is 6.07 Å². The van der Waals surface area contributed by atoms with Crippen LogP contribution in [0.15, 0.2) is 18.2 Å². The molecule has 0 bridgehead atoms. The second-order valence-electron chi connectivity index (χ2n) is 3.60. The lowest BCUT2D eigenvalue weighted by Crippen LogP contribution is -2.29. The van der Waals surface area contributed by atoms with Crippen molar-refractivity contribution in [2.75, 3.05) is 5.32 Å². The second kappa shape index (κ2) is 5.85. The Labute approximate surface area is 98.7 Å². The summed E-state index contributed by atoms with van der Waals surface area (Å²) in [5.74, 6) is -1.67. The molecule has 0 saturated heterocycles. The molecule has 0 aliphatic rings. The summed E-state index contributed by atoms with van der Waals surface area (Å²) in [7, 11) is 0. The number of nitriles is 1. The van der Waals surface area contributed by atoms with Gasteiger partial charge in [0.2, 0.25) is 0 Å². The van der Waals surface area contributed by atoms with Crippen LogP contribution in [0.4, 0.5) is 10.1 Å². The molecule has 0 aromatic heterocycles. The molecule has 0 spiro atoms. The van der Waals surface area contributed by atoms with Gasteiger partial charge in [-0.15, -0.1) is 0 Å². The molecule has 1 aromatic rings. The number of hydrogen-bond donors (Lipinski definition) is 2. The molecule has 0 radical (unpaired) electrons. The predicted molar refractivity (Wildman–Crippen MR) is 61.1 cm³/mol. The summed E-state index contributed by atoms with van der Waals surface area (Å²) in [6.45, 7) is 1.86. The molecular weight excluding hydrogens is 223 g/mol. The first-order chi connectivity index (χ1) is 8.10. The minimum Gasteiger partial charge on any atom is -0.480 e. The molecule has 0 aliphatic carbocycles. The van der Waals surface area contributed by atoms with E-state index in [1.807, 2.05) is 6.92 Å². The van der Waals surface area contributed by atoms with E-state index < -0.39 is 17.8 Å². The van der Waals surface area contributed by atoms with Gasteiger partial charge < -0.3 is 10.4 Å². The maximum absolute atomic E-state index is 13.3. The Kier molecular flexibility index (Phi) is 4.46. The van der Waals surface area contributed by atoms with E-state index in [-0.39, 0.29) is 11.3 Å². The number of carbonyl (C=O) groups is 1. The molecule has 0 amide bonds. The average molecular weight is 236 g/mol. The maximum Gasteiger partial charge on any atom is 0.326 e. The summed E-state index contributed by atoms with van der Waals surface area (Å²) in [6.07, 6.45) is 1.10. The van der Waals surface area contributed by atoms with Gasteiger partial charge in [0.15, 0.2) is 0 Å². The van der Waals surface area contributed by atoms with E-state index >= 15 is 0 Å². The Morgan fingerprint density at radius 2 is 2.35 bits per heavy atom. The minimum absolute atomic E-state index is 0.158. The van der Waals surface area contributed by atoms with E-state index in [1.165, 1.54) is 18.2 Å². The number of halogens is 1. The highest BCUT2D eigenvalue weighted by molar-refractivity contribution is 5.78. The zero-order chi connectivity index (χ0) is 12.8. The molecule has 1 atom stereocenters. The van der Waals surface area contributed by atoms with Gasteiger partial charge in [-0.05, 0) is 18.6 Å². The van der Waals surface area contributed by atoms with Crippen molar-refractivity contribution in [2.24, 2.45) is 0 Å². The molecule has 90 valence electrons. The number of carboxylic acid groups (broad SMARTS) is 1. The van der Waals surface area contributed by atoms with Crippen LogP contribution in [0.5, 0.6) is 0 Å². The average Bonchev–Trinajstić information content (AvgIpc) is 2.28. The van der Waals surface area contributed by atoms with Gasteiger partial charge in [0, 0.05) is 0 Å². The number of hydrogen-bond acceptors (Lipinski definition) is 3. The van der Waals surface area contributed by atoms with Crippen molar-refractivity contribution in [2.45, 2.75) is 25.8 Å². The van der Waals surface area contributed by atoms with Gasteiger partial charge >= 0.3 is 5.97 Å². The summed E-state index contributed by atoms with van der Waals surface area (Å²) < 4.78 is 13.3. The lowest BCUT2D eigenvalue weighted by molar-refractivity contribution is -0.138. The van der Waals surface area contributed by atoms with Crippen LogP contribution in [-0.4, -0.2) is 17.1 Å². The minimum atomic E-state index is -1.01. The lowest BCUT2D eigenvalue weighted by atomic mass is 10.1. The van der Waals surface area contributed by atoms with E-state index in [0.717, 1.165) is 0 Å². The van der Waals surface area contributed by atoms with Gasteiger partial charge in [-0.25, -0.2) is 9.18 Å². The Hall–Kier alpha value is -2.09. The van der Waals surface area contributed by atoms with Crippen molar-refractivity contribution in [1.82, 2.24) is 0 Å². The van der Waals surface area contributed by atoms with Crippen molar-refractivity contribution in [3.63, 3.8) is 0 Å². The number of anilines is 1. The predicted octanol–water partition coefficient (Wildman–Crippen LogP) is 2.36. The maximum atomic E-state index is 13.3. The van der Waals surface area contributed by atoms with Crippen LogP contribution >= 0.6 is 0 Å². The number of nitrogens with one attached hydrogen (secondary N) is 1. The monoisotopic (exact) mass is 236 g/mol. The molecule has 0 heterocycles. The smallest absolute Gasteiger partial charge is 0.326 e. The van der Waals surface area contributed by atoms with Crippen LogP contribution in [0.25, 0.3) is 0 Å². The Bertz CT molecular complexity index is 454. The standard InChI is InChI=1S/C12H13FN2O2/c1-2-4-11(12(16)17)15-10-6-3-5-9(13)8(10)7-14/h3,5-6,11,15H,2,4H2,1H3,(H,16,17). The summed E-state index contributed by atoms with van der Waals surface area (Å²) >= 11 is 0. The Morgan fingerprint density at radius 3 is 2.88 bits per heavy atom. The van der Waals surface area contributed by atoms with Crippen LogP contribution in [-0.2, 0) is 4.79 Å². The first-order valence-corrected chi connectivity index (χ1v) is 5.28. The molecule has 0 fully saturated rings. The molecule has 0 saturated carbocycles. The van der Waals surface area contributed by atoms with E-state index in [0.29, 0.717) is 12.8 Å². The van der Waals surface area contributed by atoms with Crippen LogP contribution in [0, 0.1) is 17.1 Å². The van der Waals surface area contributed by atoms with Gasteiger partial charge in [-0.2, -0.15) is 5.26 Å². The fraction of sp³-hybridized carbons (Fsp3) is 0.333. The first-order valence-electron chi connectivity index (χ1n) is 5.28. The second-order valence-corrected chi connectivity index (χ2v) is 3.60. The van der Waals surface area contributed by atoms with Crippen molar-refractivity contribution in [3.05, 3.63) is 29.6 Å². The highest BCUT2D eigenvalue weighted by Crippen LogP contribution is 2.19. The normalized spacial score (nSPS) is 11.6. The van der Waals surface area contributed by atoms with E-state index in [1.54, 1.807) is 6.07 Å². The molecular formula is C12H13FN2O2. The zero-order valence-corrected chi connectivity index (χ0v) is 9.40. The number of nitrogens with zero attached hydrogens (tertiary/aromatic N) is 1. The third-order valence-corrected chi connectivity index (χ3v) is 2.33. The van der Waals surface area contributed by atoms with Gasteiger partial charge in [-0.1, -0.05) is 19.4 Å². The number of aliphatic carboxylic acids is 1. The van der Waals surface area contributed by atoms with Gasteiger partial charge in [0.25, 0.3) is 0 Å². The highest BCUT2D eigenvalue weighted by Gasteiger charge is 2.18. The summed E-state index contributed by atoms with van der Waals surface area (Å²) in [5, 5.41) is 20.4. The molecule has 17 heavy (non-hydrogen) atoms. The van der Waals surface area contributed by atoms with E-state index in [4.69, 9.17) is 10.4 Å². The number of rotatable bonds is 5. The molecule has 1 rings (SSSR count). The molecule has 2 N–H and O–H groups in total. The van der Waals surface area contributed by atoms with Crippen LogP contribution < -0.4 is 5.32 Å². The molecule has 0 aliphatic heterocycles. The van der Waals surface area contributed by atoms with Gasteiger partial charge in [-0.3, -0.25) is 0 Å². The molecule has 5 heteroatoms. The summed E-state index contributed by atoms with van der Waals surface area (Å²) in [5.41, 5.74) is 0.0585.